The molecule has 2 atom stereocenters. The second-order valence-electron chi connectivity index (χ2n) is 7.24. The number of ether oxygens (including phenoxy) is 1. The van der Waals surface area contributed by atoms with E-state index in [2.05, 4.69) is 10.6 Å². The number of amides is 2. The summed E-state index contributed by atoms with van der Waals surface area (Å²) in [4.78, 5) is 12.0. The Morgan fingerprint density at radius 2 is 1.86 bits per heavy atom. The summed E-state index contributed by atoms with van der Waals surface area (Å²) in [5.74, 6) is 0.657. The molecule has 0 aromatic heterocycles. The molecule has 0 aromatic carbocycles. The van der Waals surface area contributed by atoms with E-state index in [0.29, 0.717) is 12.5 Å². The van der Waals surface area contributed by atoms with Gasteiger partial charge in [0.05, 0.1) is 6.10 Å². The second kappa shape index (κ2) is 7.99. The highest BCUT2D eigenvalue weighted by molar-refractivity contribution is 5.74. The van der Waals surface area contributed by atoms with Crippen molar-refractivity contribution in [1.29, 1.82) is 0 Å². The SMILES string of the molecule is CC(C)C(O)C(C)(C)CNC(=O)NC(C)C1CCOCC1. The first kappa shape index (κ1) is 18.2. The highest BCUT2D eigenvalue weighted by Crippen LogP contribution is 2.25. The molecule has 2 amide bonds. The Kier molecular flexibility index (Phi) is 6.94. The van der Waals surface area contributed by atoms with E-state index in [0.717, 1.165) is 26.1 Å². The van der Waals surface area contributed by atoms with Crippen LogP contribution in [0, 0.1) is 17.3 Å². The van der Waals surface area contributed by atoms with Crippen LogP contribution < -0.4 is 10.6 Å². The van der Waals surface area contributed by atoms with E-state index in [4.69, 9.17) is 4.74 Å². The lowest BCUT2D eigenvalue weighted by Gasteiger charge is -2.34. The van der Waals surface area contributed by atoms with Gasteiger partial charge >= 0.3 is 6.03 Å². The van der Waals surface area contributed by atoms with Gasteiger partial charge in [0, 0.05) is 31.2 Å². The highest BCUT2D eigenvalue weighted by Gasteiger charge is 2.31. The zero-order valence-corrected chi connectivity index (χ0v) is 14.1. The Hall–Kier alpha value is -0.810. The van der Waals surface area contributed by atoms with Gasteiger partial charge in [-0.05, 0) is 31.6 Å². The lowest BCUT2D eigenvalue weighted by atomic mass is 9.81. The van der Waals surface area contributed by atoms with E-state index in [9.17, 15) is 9.90 Å². The number of hydrogen-bond acceptors (Lipinski definition) is 3. The third kappa shape index (κ3) is 5.83. The van der Waals surface area contributed by atoms with Crippen LogP contribution in [-0.4, -0.2) is 43.0 Å². The molecule has 0 bridgehead atoms. The topological polar surface area (TPSA) is 70.6 Å². The summed E-state index contributed by atoms with van der Waals surface area (Å²) in [5.41, 5.74) is -0.340. The summed E-state index contributed by atoms with van der Waals surface area (Å²) < 4.78 is 5.34. The molecule has 124 valence electrons. The number of rotatable bonds is 6. The summed E-state index contributed by atoms with van der Waals surface area (Å²) >= 11 is 0. The molecular formula is C16H32N2O3. The van der Waals surface area contributed by atoms with E-state index in [-0.39, 0.29) is 23.4 Å². The third-order valence-electron chi connectivity index (χ3n) is 4.47. The summed E-state index contributed by atoms with van der Waals surface area (Å²) in [7, 11) is 0. The molecule has 0 saturated carbocycles. The molecule has 1 rings (SSSR count). The van der Waals surface area contributed by atoms with Crippen molar-refractivity contribution in [3.05, 3.63) is 0 Å². The predicted octanol–water partition coefficient (Wildman–Crippen LogP) is 2.14. The molecule has 5 heteroatoms. The minimum absolute atomic E-state index is 0.145. The van der Waals surface area contributed by atoms with Crippen LogP contribution in [0.4, 0.5) is 4.79 Å². The van der Waals surface area contributed by atoms with Crippen LogP contribution in [-0.2, 0) is 4.74 Å². The van der Waals surface area contributed by atoms with Gasteiger partial charge in [-0.15, -0.1) is 0 Å². The van der Waals surface area contributed by atoms with Gasteiger partial charge in [-0.1, -0.05) is 27.7 Å². The number of carbonyl (C=O) groups is 1. The van der Waals surface area contributed by atoms with Crippen LogP contribution >= 0.6 is 0 Å². The number of urea groups is 1. The zero-order chi connectivity index (χ0) is 16.0. The van der Waals surface area contributed by atoms with Crippen molar-refractivity contribution in [3.63, 3.8) is 0 Å². The zero-order valence-electron chi connectivity index (χ0n) is 14.1. The quantitative estimate of drug-likeness (QED) is 0.704. The molecule has 3 N–H and O–H groups in total. The van der Waals surface area contributed by atoms with Gasteiger partial charge in [-0.25, -0.2) is 4.79 Å². The number of nitrogens with one attached hydrogen (secondary N) is 2. The van der Waals surface area contributed by atoms with Gasteiger partial charge in [0.25, 0.3) is 0 Å². The highest BCUT2D eigenvalue weighted by atomic mass is 16.5. The van der Waals surface area contributed by atoms with Crippen LogP contribution in [0.25, 0.3) is 0 Å². The molecule has 1 heterocycles. The van der Waals surface area contributed by atoms with Crippen molar-refractivity contribution in [3.8, 4) is 0 Å². The molecular weight excluding hydrogens is 268 g/mol. The third-order valence-corrected chi connectivity index (χ3v) is 4.47. The van der Waals surface area contributed by atoms with Crippen molar-refractivity contribution in [2.75, 3.05) is 19.8 Å². The summed E-state index contributed by atoms with van der Waals surface area (Å²) in [5, 5.41) is 16.1. The van der Waals surface area contributed by atoms with Gasteiger partial charge in [0.15, 0.2) is 0 Å². The van der Waals surface area contributed by atoms with Crippen molar-refractivity contribution < 1.29 is 14.6 Å². The molecule has 1 saturated heterocycles. The Morgan fingerprint density at radius 3 is 2.38 bits per heavy atom. The van der Waals surface area contributed by atoms with Gasteiger partial charge in [0.1, 0.15) is 0 Å². The average Bonchev–Trinajstić information content (AvgIpc) is 2.45. The van der Waals surface area contributed by atoms with E-state index in [1.165, 1.54) is 0 Å². The first-order valence-electron chi connectivity index (χ1n) is 8.04. The smallest absolute Gasteiger partial charge is 0.315 e. The monoisotopic (exact) mass is 300 g/mol. The van der Waals surface area contributed by atoms with Gasteiger partial charge in [-0.3, -0.25) is 0 Å². The second-order valence-corrected chi connectivity index (χ2v) is 7.24. The van der Waals surface area contributed by atoms with Crippen molar-refractivity contribution >= 4 is 6.03 Å². The van der Waals surface area contributed by atoms with Crippen molar-refractivity contribution in [2.24, 2.45) is 17.3 Å². The van der Waals surface area contributed by atoms with E-state index < -0.39 is 6.10 Å². The Bertz CT molecular complexity index is 325. The van der Waals surface area contributed by atoms with Gasteiger partial charge in [-0.2, -0.15) is 0 Å². The Morgan fingerprint density at radius 1 is 1.29 bits per heavy atom. The summed E-state index contributed by atoms with van der Waals surface area (Å²) in [6.45, 7) is 12.0. The van der Waals surface area contributed by atoms with Crippen molar-refractivity contribution in [2.45, 2.75) is 59.6 Å². The molecule has 0 aliphatic carbocycles. The maximum Gasteiger partial charge on any atom is 0.315 e. The van der Waals surface area contributed by atoms with Crippen LogP contribution in [0.1, 0.15) is 47.5 Å². The molecule has 21 heavy (non-hydrogen) atoms. The molecule has 1 fully saturated rings. The number of carbonyl (C=O) groups excluding carboxylic acids is 1. The lowest BCUT2D eigenvalue weighted by Crippen LogP contribution is -2.49. The standard InChI is InChI=1S/C16H32N2O3/c1-11(2)14(19)16(4,5)10-17-15(20)18-12(3)13-6-8-21-9-7-13/h11-14,19H,6-10H2,1-5H3,(H2,17,18,20). The molecule has 2 unspecified atom stereocenters. The molecule has 1 aliphatic rings. The maximum absolute atomic E-state index is 12.0. The van der Waals surface area contributed by atoms with Crippen molar-refractivity contribution in [1.82, 2.24) is 10.6 Å². The van der Waals surface area contributed by atoms with E-state index >= 15 is 0 Å². The first-order chi connectivity index (χ1) is 9.74. The normalized spacial score (nSPS) is 20.1. The Labute approximate surface area is 128 Å². The molecule has 0 aromatic rings. The largest absolute Gasteiger partial charge is 0.392 e. The fourth-order valence-electron chi connectivity index (χ4n) is 2.91. The van der Waals surface area contributed by atoms with Crippen LogP contribution in [0.2, 0.25) is 0 Å². The lowest BCUT2D eigenvalue weighted by molar-refractivity contribution is 0.0150. The minimum atomic E-state index is -0.439. The molecule has 0 radical (unpaired) electrons. The average molecular weight is 300 g/mol. The Balaban J connectivity index is 2.36. The minimum Gasteiger partial charge on any atom is -0.392 e. The van der Waals surface area contributed by atoms with Crippen LogP contribution in [0.3, 0.4) is 0 Å². The molecule has 5 nitrogen and oxygen atoms in total. The molecule has 1 aliphatic heterocycles. The van der Waals surface area contributed by atoms with E-state index in [1.54, 1.807) is 0 Å². The van der Waals surface area contributed by atoms with Gasteiger partial charge < -0.3 is 20.5 Å². The fourth-order valence-corrected chi connectivity index (χ4v) is 2.91. The number of aliphatic hydroxyl groups is 1. The first-order valence-corrected chi connectivity index (χ1v) is 8.04. The summed E-state index contributed by atoms with van der Waals surface area (Å²) in [6, 6.07) is -0.00921. The van der Waals surface area contributed by atoms with Crippen LogP contribution in [0.15, 0.2) is 0 Å². The molecule has 0 spiro atoms. The summed E-state index contributed by atoms with van der Waals surface area (Å²) in [6.07, 6.45) is 1.56. The number of aliphatic hydroxyl groups excluding tert-OH is 1. The number of hydrogen-bond donors (Lipinski definition) is 3. The fraction of sp³-hybridized carbons (Fsp3) is 0.938. The predicted molar refractivity (Wildman–Crippen MR) is 84.2 cm³/mol. The van der Waals surface area contributed by atoms with Gasteiger partial charge in [0.2, 0.25) is 0 Å². The van der Waals surface area contributed by atoms with Crippen LogP contribution in [0.5, 0.6) is 0 Å². The maximum atomic E-state index is 12.0. The van der Waals surface area contributed by atoms with E-state index in [1.807, 2.05) is 34.6 Å².